The van der Waals surface area contributed by atoms with E-state index in [9.17, 15) is 27.5 Å². The van der Waals surface area contributed by atoms with E-state index in [1.54, 1.807) is 4.90 Å². The number of carbonyl (C=O) groups is 1. The molecule has 0 bridgehead atoms. The standard InChI is InChI=1S/C18H22FN5O5S/c1-22-17(27)15(25)14(16(26)20-11-12-3-5-13(19)6-4-12)21-18(22)23-7-9-24(10-8-23)30(2,28)29/h3-6,25H,7-11H2,1-2H3,(H,20,26). The topological polar surface area (TPSA) is 125 Å². The molecule has 2 N–H and O–H groups in total. The largest absolute Gasteiger partial charge is 0.501 e. The van der Waals surface area contributed by atoms with Crippen molar-refractivity contribution in [2.45, 2.75) is 6.54 Å². The van der Waals surface area contributed by atoms with Crippen LogP contribution in [-0.2, 0) is 23.6 Å². The molecule has 2 aromatic rings. The number of sulfonamides is 1. The number of anilines is 1. The van der Waals surface area contributed by atoms with Crippen LogP contribution in [0.25, 0.3) is 0 Å². The van der Waals surface area contributed by atoms with Crippen LogP contribution < -0.4 is 15.8 Å². The van der Waals surface area contributed by atoms with Crippen LogP contribution in [0.5, 0.6) is 5.75 Å². The highest BCUT2D eigenvalue weighted by Gasteiger charge is 2.28. The molecule has 1 aromatic heterocycles. The van der Waals surface area contributed by atoms with Gasteiger partial charge in [-0.3, -0.25) is 14.2 Å². The average Bonchev–Trinajstić information content (AvgIpc) is 2.71. The van der Waals surface area contributed by atoms with Gasteiger partial charge in [-0.1, -0.05) is 12.1 Å². The fourth-order valence-corrected chi connectivity index (χ4v) is 3.93. The number of hydrogen-bond donors (Lipinski definition) is 2. The quantitative estimate of drug-likeness (QED) is 0.652. The Hall–Kier alpha value is -2.99. The van der Waals surface area contributed by atoms with Gasteiger partial charge in [-0.05, 0) is 17.7 Å². The Kier molecular flexibility index (Phi) is 6.08. The second-order valence-corrected chi connectivity index (χ2v) is 8.91. The molecule has 0 atom stereocenters. The van der Waals surface area contributed by atoms with Crippen molar-refractivity contribution < 1.29 is 22.7 Å². The first-order chi connectivity index (χ1) is 14.1. The summed E-state index contributed by atoms with van der Waals surface area (Å²) in [5, 5.41) is 12.7. The summed E-state index contributed by atoms with van der Waals surface area (Å²) in [6.45, 7) is 1.02. The van der Waals surface area contributed by atoms with Crippen LogP contribution in [0.2, 0.25) is 0 Å². The Morgan fingerprint density at radius 2 is 1.80 bits per heavy atom. The van der Waals surface area contributed by atoms with E-state index in [4.69, 9.17) is 0 Å². The second kappa shape index (κ2) is 8.40. The van der Waals surface area contributed by atoms with E-state index >= 15 is 0 Å². The summed E-state index contributed by atoms with van der Waals surface area (Å²) in [6, 6.07) is 5.51. The van der Waals surface area contributed by atoms with Gasteiger partial charge in [0.15, 0.2) is 5.69 Å². The monoisotopic (exact) mass is 439 g/mol. The molecule has 2 heterocycles. The molecule has 1 fully saturated rings. The first-order valence-electron chi connectivity index (χ1n) is 9.10. The third-order valence-corrected chi connectivity index (χ3v) is 6.12. The van der Waals surface area contributed by atoms with Crippen molar-refractivity contribution in [2.24, 2.45) is 7.05 Å². The molecule has 10 nitrogen and oxygen atoms in total. The maximum atomic E-state index is 13.0. The molecule has 30 heavy (non-hydrogen) atoms. The van der Waals surface area contributed by atoms with Crippen LogP contribution in [0, 0.1) is 5.82 Å². The van der Waals surface area contributed by atoms with E-state index in [2.05, 4.69) is 10.3 Å². The van der Waals surface area contributed by atoms with Crippen LogP contribution in [0.4, 0.5) is 10.3 Å². The lowest BCUT2D eigenvalue weighted by atomic mass is 10.2. The maximum Gasteiger partial charge on any atom is 0.297 e. The van der Waals surface area contributed by atoms with Gasteiger partial charge < -0.3 is 15.3 Å². The minimum Gasteiger partial charge on any atom is -0.501 e. The Bertz CT molecular complexity index is 1110. The van der Waals surface area contributed by atoms with Crippen molar-refractivity contribution >= 4 is 21.9 Å². The van der Waals surface area contributed by atoms with Gasteiger partial charge >= 0.3 is 0 Å². The van der Waals surface area contributed by atoms with Crippen molar-refractivity contribution in [1.82, 2.24) is 19.2 Å². The van der Waals surface area contributed by atoms with E-state index in [0.717, 1.165) is 10.8 Å². The fourth-order valence-electron chi connectivity index (χ4n) is 3.11. The molecule has 0 aliphatic carbocycles. The number of aromatic hydroxyl groups is 1. The molecule has 0 spiro atoms. The average molecular weight is 439 g/mol. The van der Waals surface area contributed by atoms with E-state index in [0.29, 0.717) is 5.56 Å². The third kappa shape index (κ3) is 4.60. The third-order valence-electron chi connectivity index (χ3n) is 4.82. The fraction of sp³-hybridized carbons (Fsp3) is 0.389. The first-order valence-corrected chi connectivity index (χ1v) is 11.0. The molecule has 0 saturated carbocycles. The Morgan fingerprint density at radius 1 is 1.20 bits per heavy atom. The number of benzene rings is 1. The summed E-state index contributed by atoms with van der Waals surface area (Å²) in [6.07, 6.45) is 1.13. The zero-order chi connectivity index (χ0) is 22.1. The number of halogens is 1. The van der Waals surface area contributed by atoms with Crippen LogP contribution in [0.15, 0.2) is 29.1 Å². The van der Waals surface area contributed by atoms with Gasteiger partial charge in [0.1, 0.15) is 5.82 Å². The minimum absolute atomic E-state index is 0.0534. The van der Waals surface area contributed by atoms with Crippen molar-refractivity contribution in [3.63, 3.8) is 0 Å². The number of nitrogens with zero attached hydrogens (tertiary/aromatic N) is 4. The van der Waals surface area contributed by atoms with E-state index in [-0.39, 0.29) is 38.7 Å². The van der Waals surface area contributed by atoms with Crippen LogP contribution in [0.3, 0.4) is 0 Å². The van der Waals surface area contributed by atoms with Crippen molar-refractivity contribution in [1.29, 1.82) is 0 Å². The molecule has 162 valence electrons. The molecule has 3 rings (SSSR count). The van der Waals surface area contributed by atoms with Crippen molar-refractivity contribution in [3.05, 3.63) is 51.7 Å². The normalized spacial score (nSPS) is 15.2. The van der Waals surface area contributed by atoms with E-state index in [1.807, 2.05) is 0 Å². The van der Waals surface area contributed by atoms with Crippen LogP contribution in [-0.4, -0.2) is 65.7 Å². The first kappa shape index (κ1) is 21.7. The van der Waals surface area contributed by atoms with Gasteiger partial charge in [0.05, 0.1) is 6.26 Å². The highest BCUT2D eigenvalue weighted by atomic mass is 32.2. The SMILES string of the molecule is Cn1c(N2CCN(S(C)(=O)=O)CC2)nc(C(=O)NCc2ccc(F)cc2)c(O)c1=O. The molecule has 1 aliphatic heterocycles. The number of piperazine rings is 1. The molecular weight excluding hydrogens is 417 g/mol. The Labute approximate surface area is 172 Å². The molecule has 1 aliphatic rings. The minimum atomic E-state index is -3.32. The summed E-state index contributed by atoms with van der Waals surface area (Å²) in [7, 11) is -1.91. The highest BCUT2D eigenvalue weighted by Crippen LogP contribution is 2.18. The summed E-state index contributed by atoms with van der Waals surface area (Å²) in [5.74, 6) is -1.80. The Balaban J connectivity index is 1.81. The van der Waals surface area contributed by atoms with Crippen LogP contribution >= 0.6 is 0 Å². The maximum absolute atomic E-state index is 13.0. The molecule has 12 heteroatoms. The van der Waals surface area contributed by atoms with Crippen molar-refractivity contribution in [2.75, 3.05) is 37.3 Å². The molecule has 1 saturated heterocycles. The molecular formula is C18H22FN5O5S. The van der Waals surface area contributed by atoms with Gasteiger partial charge in [-0.15, -0.1) is 0 Å². The lowest BCUT2D eigenvalue weighted by Gasteiger charge is -2.34. The van der Waals surface area contributed by atoms with Crippen molar-refractivity contribution in [3.8, 4) is 5.75 Å². The zero-order valence-electron chi connectivity index (χ0n) is 16.5. The summed E-state index contributed by atoms with van der Waals surface area (Å²) in [5.41, 5.74) is -0.594. The van der Waals surface area contributed by atoms with Gasteiger partial charge in [-0.25, -0.2) is 17.8 Å². The molecule has 0 radical (unpaired) electrons. The zero-order valence-corrected chi connectivity index (χ0v) is 17.3. The van der Waals surface area contributed by atoms with Gasteiger partial charge in [0.2, 0.25) is 21.7 Å². The lowest BCUT2D eigenvalue weighted by molar-refractivity contribution is 0.0942. The smallest absolute Gasteiger partial charge is 0.297 e. The molecule has 1 amide bonds. The van der Waals surface area contributed by atoms with Gasteiger partial charge in [0.25, 0.3) is 11.5 Å². The van der Waals surface area contributed by atoms with E-state index < -0.39 is 38.8 Å². The second-order valence-electron chi connectivity index (χ2n) is 6.93. The summed E-state index contributed by atoms with van der Waals surface area (Å²) < 4.78 is 38.8. The molecule has 0 unspecified atom stereocenters. The summed E-state index contributed by atoms with van der Waals surface area (Å²) in [4.78, 5) is 30.8. The predicted molar refractivity (Wildman–Crippen MR) is 107 cm³/mol. The van der Waals surface area contributed by atoms with Gasteiger partial charge in [0, 0.05) is 39.8 Å². The number of nitrogens with one attached hydrogen (secondary N) is 1. The summed E-state index contributed by atoms with van der Waals surface area (Å²) >= 11 is 0. The number of carbonyl (C=O) groups excluding carboxylic acids is 1. The number of amides is 1. The Morgan fingerprint density at radius 3 is 2.37 bits per heavy atom. The molecule has 1 aromatic carbocycles. The van der Waals surface area contributed by atoms with E-state index in [1.165, 1.54) is 35.6 Å². The van der Waals surface area contributed by atoms with Crippen LogP contribution in [0.1, 0.15) is 16.1 Å². The predicted octanol–water partition coefficient (Wildman–Crippen LogP) is -0.363. The lowest BCUT2D eigenvalue weighted by Crippen LogP contribution is -2.50. The highest BCUT2D eigenvalue weighted by molar-refractivity contribution is 7.88. The number of rotatable bonds is 5. The number of hydrogen-bond acceptors (Lipinski definition) is 7. The number of aromatic nitrogens is 2. The van der Waals surface area contributed by atoms with Gasteiger partial charge in [-0.2, -0.15) is 4.31 Å².